The molecule has 0 aliphatic carbocycles. The quantitative estimate of drug-likeness (QED) is 0.618. The minimum Gasteiger partial charge on any atom is -0.495 e. The highest BCUT2D eigenvalue weighted by molar-refractivity contribution is 14.1. The third-order valence-corrected chi connectivity index (χ3v) is 2.72. The van der Waals surface area contributed by atoms with E-state index in [9.17, 15) is 4.79 Å². The van der Waals surface area contributed by atoms with Crippen molar-refractivity contribution in [3.63, 3.8) is 0 Å². The lowest BCUT2D eigenvalue weighted by Gasteiger charge is -2.10. The van der Waals surface area contributed by atoms with Crippen LogP contribution in [0.15, 0.2) is 12.1 Å². The van der Waals surface area contributed by atoms with Crippen LogP contribution in [0, 0.1) is 10.5 Å². The fraction of sp³-hybridized carbons (Fsp3) is 0.300. The van der Waals surface area contributed by atoms with Crippen LogP contribution in [-0.2, 0) is 0 Å². The van der Waals surface area contributed by atoms with Crippen molar-refractivity contribution in [2.24, 2.45) is 0 Å². The van der Waals surface area contributed by atoms with Crippen molar-refractivity contribution in [2.45, 2.75) is 13.8 Å². The van der Waals surface area contributed by atoms with Gasteiger partial charge in [0.25, 0.3) is 0 Å². The molecule has 0 atom stereocenters. The van der Waals surface area contributed by atoms with Gasteiger partial charge in [-0.15, -0.1) is 0 Å². The van der Waals surface area contributed by atoms with Crippen LogP contribution >= 0.6 is 22.6 Å². The van der Waals surface area contributed by atoms with Gasteiger partial charge in [-0.2, -0.15) is 0 Å². The van der Waals surface area contributed by atoms with Crippen molar-refractivity contribution < 1.29 is 9.53 Å². The zero-order valence-corrected chi connectivity index (χ0v) is 10.0. The molecule has 1 rings (SSSR count). The van der Waals surface area contributed by atoms with E-state index in [1.165, 1.54) is 0 Å². The number of halogens is 1. The maximum Gasteiger partial charge on any atom is 0.163 e. The third-order valence-electron chi connectivity index (χ3n) is 1.87. The lowest BCUT2D eigenvalue weighted by Crippen LogP contribution is -2.02. The van der Waals surface area contributed by atoms with Gasteiger partial charge in [-0.3, -0.25) is 4.79 Å². The fourth-order valence-corrected chi connectivity index (χ4v) is 1.96. The Morgan fingerprint density at radius 1 is 1.46 bits per heavy atom. The summed E-state index contributed by atoms with van der Waals surface area (Å²) >= 11 is 2.16. The first kappa shape index (κ1) is 10.5. The molecule has 1 aromatic carbocycles. The Kier molecular flexibility index (Phi) is 3.30. The lowest BCUT2D eigenvalue weighted by molar-refractivity contribution is 0.101. The molecule has 0 unspecified atom stereocenters. The first-order valence-electron chi connectivity index (χ1n) is 3.92. The minimum atomic E-state index is 0.0490. The van der Waals surface area contributed by atoms with E-state index in [0.717, 1.165) is 9.13 Å². The van der Waals surface area contributed by atoms with E-state index in [1.54, 1.807) is 14.0 Å². The van der Waals surface area contributed by atoms with E-state index in [-0.39, 0.29) is 5.78 Å². The average molecular weight is 290 g/mol. The summed E-state index contributed by atoms with van der Waals surface area (Å²) < 4.78 is 6.16. The van der Waals surface area contributed by atoms with Crippen molar-refractivity contribution in [1.29, 1.82) is 0 Å². The largest absolute Gasteiger partial charge is 0.495 e. The molecule has 3 heteroatoms. The van der Waals surface area contributed by atoms with Crippen LogP contribution in [0.3, 0.4) is 0 Å². The molecule has 1 aromatic rings. The normalized spacial score (nSPS) is 9.85. The van der Waals surface area contributed by atoms with Gasteiger partial charge < -0.3 is 4.74 Å². The van der Waals surface area contributed by atoms with E-state index in [4.69, 9.17) is 4.74 Å². The number of rotatable bonds is 2. The first-order chi connectivity index (χ1) is 6.07. The monoisotopic (exact) mass is 290 g/mol. The summed E-state index contributed by atoms with van der Waals surface area (Å²) in [6.07, 6.45) is 0. The number of methoxy groups -OCH3 is 1. The second-order valence-corrected chi connectivity index (χ2v) is 3.99. The van der Waals surface area contributed by atoms with Crippen molar-refractivity contribution in [1.82, 2.24) is 0 Å². The summed E-state index contributed by atoms with van der Waals surface area (Å²) in [7, 11) is 1.59. The number of Topliss-reactive ketones (excluding diaryl/α,β-unsaturated/α-hetero) is 1. The Hall–Kier alpha value is -0.580. The van der Waals surface area contributed by atoms with Gasteiger partial charge in [-0.1, -0.05) is 6.07 Å². The third kappa shape index (κ3) is 2.02. The summed E-state index contributed by atoms with van der Waals surface area (Å²) in [5, 5.41) is 0. The standard InChI is InChI=1S/C10H11IO2/c1-6-4-5-8(11)10(13-3)9(6)7(2)12/h4-5H,1-3H3. The van der Waals surface area contributed by atoms with Crippen LogP contribution in [0.4, 0.5) is 0 Å². The molecule has 0 radical (unpaired) electrons. The molecule has 70 valence electrons. The lowest BCUT2D eigenvalue weighted by atomic mass is 10.0. The SMILES string of the molecule is COc1c(I)ccc(C)c1C(C)=O. The molecule has 0 aliphatic rings. The Morgan fingerprint density at radius 2 is 2.08 bits per heavy atom. The molecule has 0 heterocycles. The van der Waals surface area contributed by atoms with Crippen LogP contribution in [-0.4, -0.2) is 12.9 Å². The van der Waals surface area contributed by atoms with Crippen molar-refractivity contribution in [2.75, 3.05) is 7.11 Å². The van der Waals surface area contributed by atoms with Gasteiger partial charge >= 0.3 is 0 Å². The molecule has 0 amide bonds. The molecule has 0 fully saturated rings. The maximum atomic E-state index is 11.3. The van der Waals surface area contributed by atoms with E-state index < -0.39 is 0 Å². The summed E-state index contributed by atoms with van der Waals surface area (Å²) in [6, 6.07) is 3.88. The van der Waals surface area contributed by atoms with E-state index in [1.807, 2.05) is 19.1 Å². The number of aryl methyl sites for hydroxylation is 1. The molecular formula is C10H11IO2. The maximum absolute atomic E-state index is 11.3. The summed E-state index contributed by atoms with van der Waals surface area (Å²) in [5.74, 6) is 0.737. The zero-order valence-electron chi connectivity index (χ0n) is 7.85. The second kappa shape index (κ2) is 4.09. The Morgan fingerprint density at radius 3 is 2.46 bits per heavy atom. The van der Waals surface area contributed by atoms with Crippen molar-refractivity contribution >= 4 is 28.4 Å². The first-order valence-corrected chi connectivity index (χ1v) is 4.99. The van der Waals surface area contributed by atoms with Crippen LogP contribution < -0.4 is 4.74 Å². The van der Waals surface area contributed by atoms with Crippen molar-refractivity contribution in [3.8, 4) is 5.75 Å². The molecular weight excluding hydrogens is 279 g/mol. The molecule has 0 aliphatic heterocycles. The highest BCUT2D eigenvalue weighted by Gasteiger charge is 2.13. The van der Waals surface area contributed by atoms with Gasteiger partial charge in [0.05, 0.1) is 16.2 Å². The number of carbonyl (C=O) groups is 1. The molecule has 2 nitrogen and oxygen atoms in total. The molecule has 0 saturated heterocycles. The van der Waals surface area contributed by atoms with Gasteiger partial charge in [0, 0.05) is 0 Å². The molecule has 0 saturated carbocycles. The molecule has 13 heavy (non-hydrogen) atoms. The highest BCUT2D eigenvalue weighted by Crippen LogP contribution is 2.28. The minimum absolute atomic E-state index is 0.0490. The number of ketones is 1. The summed E-state index contributed by atoms with van der Waals surface area (Å²) in [6.45, 7) is 3.47. The Bertz CT molecular complexity index is 345. The van der Waals surface area contributed by atoms with Crippen LogP contribution in [0.25, 0.3) is 0 Å². The van der Waals surface area contributed by atoms with Gasteiger partial charge in [-0.25, -0.2) is 0 Å². The van der Waals surface area contributed by atoms with Gasteiger partial charge in [0.1, 0.15) is 5.75 Å². The topological polar surface area (TPSA) is 26.3 Å². The zero-order chi connectivity index (χ0) is 10.0. The Balaban J connectivity index is 3.43. The summed E-state index contributed by atoms with van der Waals surface area (Å²) in [5.41, 5.74) is 1.65. The van der Waals surface area contributed by atoms with Gasteiger partial charge in [0.15, 0.2) is 5.78 Å². The smallest absolute Gasteiger partial charge is 0.163 e. The van der Waals surface area contributed by atoms with Gasteiger partial charge in [0.2, 0.25) is 0 Å². The van der Waals surface area contributed by atoms with Gasteiger partial charge in [-0.05, 0) is 48.1 Å². The highest BCUT2D eigenvalue weighted by atomic mass is 127. The number of carbonyl (C=O) groups excluding carboxylic acids is 1. The Labute approximate surface area is 91.4 Å². The van der Waals surface area contributed by atoms with E-state index in [0.29, 0.717) is 11.3 Å². The average Bonchev–Trinajstić information content (AvgIpc) is 2.07. The molecule has 0 spiro atoms. The summed E-state index contributed by atoms with van der Waals surface area (Å²) in [4.78, 5) is 11.3. The number of hydrogen-bond acceptors (Lipinski definition) is 2. The number of hydrogen-bond donors (Lipinski definition) is 0. The predicted octanol–water partition coefficient (Wildman–Crippen LogP) is 2.81. The second-order valence-electron chi connectivity index (χ2n) is 2.83. The molecule has 0 N–H and O–H groups in total. The predicted molar refractivity (Wildman–Crippen MR) is 60.5 cm³/mol. The van der Waals surface area contributed by atoms with E-state index >= 15 is 0 Å². The molecule has 0 bridgehead atoms. The van der Waals surface area contributed by atoms with Crippen LogP contribution in [0.2, 0.25) is 0 Å². The van der Waals surface area contributed by atoms with Crippen LogP contribution in [0.1, 0.15) is 22.8 Å². The molecule has 0 aromatic heterocycles. The number of ether oxygens (including phenoxy) is 1. The van der Waals surface area contributed by atoms with E-state index in [2.05, 4.69) is 22.6 Å². The fourth-order valence-electron chi connectivity index (χ4n) is 1.29. The van der Waals surface area contributed by atoms with Crippen LogP contribution in [0.5, 0.6) is 5.75 Å². The van der Waals surface area contributed by atoms with Crippen molar-refractivity contribution in [3.05, 3.63) is 26.8 Å². The number of benzene rings is 1.